The molecular weight excluding hydrogens is 284 g/mol. The summed E-state index contributed by atoms with van der Waals surface area (Å²) < 4.78 is 26.5. The molecule has 1 aromatic carbocycles. The van der Waals surface area contributed by atoms with Crippen molar-refractivity contribution in [2.24, 2.45) is 5.92 Å². The molecule has 1 amide bonds. The number of likely N-dealkylation sites (tertiary alicyclic amines) is 1. The first-order chi connectivity index (χ1) is 10.6. The van der Waals surface area contributed by atoms with Crippen LogP contribution in [0.2, 0.25) is 0 Å². The zero-order valence-electron chi connectivity index (χ0n) is 12.9. The molecule has 0 N–H and O–H groups in total. The minimum Gasteiger partial charge on any atom is -0.342 e. The van der Waals surface area contributed by atoms with Crippen LogP contribution in [-0.2, 0) is 11.2 Å². The molecule has 1 aromatic rings. The highest BCUT2D eigenvalue weighted by Crippen LogP contribution is 2.23. The Balaban J connectivity index is 1.85. The van der Waals surface area contributed by atoms with Gasteiger partial charge in [0.2, 0.25) is 5.91 Å². The predicted molar refractivity (Wildman–Crippen MR) is 83.4 cm³/mol. The van der Waals surface area contributed by atoms with Gasteiger partial charge in [0.05, 0.1) is 0 Å². The van der Waals surface area contributed by atoms with Crippen molar-refractivity contribution in [3.8, 4) is 0 Å². The van der Waals surface area contributed by atoms with E-state index in [2.05, 4.69) is 6.58 Å². The van der Waals surface area contributed by atoms with Crippen LogP contribution in [0.15, 0.2) is 30.9 Å². The van der Waals surface area contributed by atoms with Crippen LogP contribution in [0.1, 0.15) is 37.7 Å². The average molecular weight is 307 g/mol. The van der Waals surface area contributed by atoms with Gasteiger partial charge in [-0.25, -0.2) is 8.78 Å². The lowest BCUT2D eigenvalue weighted by Crippen LogP contribution is -2.39. The highest BCUT2D eigenvalue weighted by atomic mass is 19.1. The third kappa shape index (κ3) is 4.65. The molecule has 2 rings (SSSR count). The summed E-state index contributed by atoms with van der Waals surface area (Å²) in [6, 6.07) is 3.74. The van der Waals surface area contributed by atoms with E-state index in [0.29, 0.717) is 30.7 Å². The number of rotatable bonds is 6. The summed E-state index contributed by atoms with van der Waals surface area (Å²) in [5, 5.41) is 0. The van der Waals surface area contributed by atoms with Crippen LogP contribution in [-0.4, -0.2) is 23.9 Å². The molecule has 0 aromatic heterocycles. The molecule has 1 aliphatic rings. The highest BCUT2D eigenvalue weighted by molar-refractivity contribution is 5.76. The maximum Gasteiger partial charge on any atom is 0.222 e. The van der Waals surface area contributed by atoms with E-state index >= 15 is 0 Å². The number of carbonyl (C=O) groups is 1. The van der Waals surface area contributed by atoms with Crippen LogP contribution in [0, 0.1) is 17.6 Å². The van der Waals surface area contributed by atoms with Crippen LogP contribution in [0.5, 0.6) is 0 Å². The van der Waals surface area contributed by atoms with E-state index in [1.165, 1.54) is 12.1 Å². The Bertz CT molecular complexity index is 530. The lowest BCUT2D eigenvalue weighted by molar-refractivity contribution is -0.132. The van der Waals surface area contributed by atoms with Gasteiger partial charge in [0, 0.05) is 25.6 Å². The highest BCUT2D eigenvalue weighted by Gasteiger charge is 2.23. The normalized spacial score (nSPS) is 18.3. The second-order valence-electron chi connectivity index (χ2n) is 5.95. The summed E-state index contributed by atoms with van der Waals surface area (Å²) in [5.41, 5.74) is 0.552. The lowest BCUT2D eigenvalue weighted by Gasteiger charge is -2.33. The standard InChI is InChI=1S/C18H23F2NO/c1-2-3-6-18(22)21-11-4-5-14(13-21)7-8-15-9-10-16(19)12-17(15)20/h2,9-10,12,14H,1,3-8,11,13H2/t14-/m1/s1. The molecule has 2 nitrogen and oxygen atoms in total. The number of nitrogens with zero attached hydrogens (tertiary/aromatic N) is 1. The number of hydrogen-bond donors (Lipinski definition) is 0. The van der Waals surface area contributed by atoms with Gasteiger partial charge in [-0.2, -0.15) is 0 Å². The molecule has 1 heterocycles. The van der Waals surface area contributed by atoms with Crippen molar-refractivity contribution < 1.29 is 13.6 Å². The van der Waals surface area contributed by atoms with Gasteiger partial charge in [-0.05, 0) is 49.7 Å². The Labute approximate surface area is 130 Å². The first-order valence-electron chi connectivity index (χ1n) is 7.92. The molecule has 1 fully saturated rings. The van der Waals surface area contributed by atoms with Crippen LogP contribution < -0.4 is 0 Å². The molecule has 0 unspecified atom stereocenters. The van der Waals surface area contributed by atoms with Gasteiger partial charge in [0.15, 0.2) is 0 Å². The van der Waals surface area contributed by atoms with Gasteiger partial charge in [-0.15, -0.1) is 6.58 Å². The van der Waals surface area contributed by atoms with Crippen molar-refractivity contribution in [3.05, 3.63) is 48.1 Å². The molecule has 120 valence electrons. The van der Waals surface area contributed by atoms with Crippen molar-refractivity contribution in [3.63, 3.8) is 0 Å². The molecule has 0 aliphatic carbocycles. The fourth-order valence-electron chi connectivity index (χ4n) is 2.99. The van der Waals surface area contributed by atoms with Gasteiger partial charge >= 0.3 is 0 Å². The van der Waals surface area contributed by atoms with Crippen molar-refractivity contribution in [2.75, 3.05) is 13.1 Å². The molecule has 1 atom stereocenters. The Hall–Kier alpha value is -1.71. The van der Waals surface area contributed by atoms with Crippen LogP contribution in [0.25, 0.3) is 0 Å². The first-order valence-corrected chi connectivity index (χ1v) is 7.92. The van der Waals surface area contributed by atoms with Gasteiger partial charge in [0.25, 0.3) is 0 Å². The Morgan fingerprint density at radius 1 is 1.41 bits per heavy atom. The van der Waals surface area contributed by atoms with Gasteiger partial charge in [0.1, 0.15) is 11.6 Å². The quantitative estimate of drug-likeness (QED) is 0.725. The fourth-order valence-corrected chi connectivity index (χ4v) is 2.99. The maximum atomic E-state index is 13.6. The topological polar surface area (TPSA) is 20.3 Å². The second kappa shape index (κ2) is 8.06. The Morgan fingerprint density at radius 3 is 2.95 bits per heavy atom. The van der Waals surface area contributed by atoms with E-state index < -0.39 is 11.6 Å². The smallest absolute Gasteiger partial charge is 0.222 e. The van der Waals surface area contributed by atoms with Crippen LogP contribution >= 0.6 is 0 Å². The van der Waals surface area contributed by atoms with E-state index in [9.17, 15) is 13.6 Å². The minimum absolute atomic E-state index is 0.178. The number of piperidine rings is 1. The molecule has 1 saturated heterocycles. The third-order valence-corrected chi connectivity index (χ3v) is 4.27. The average Bonchev–Trinajstić information content (AvgIpc) is 2.52. The molecule has 4 heteroatoms. The zero-order valence-corrected chi connectivity index (χ0v) is 12.9. The minimum atomic E-state index is -0.544. The lowest BCUT2D eigenvalue weighted by atomic mass is 9.91. The molecule has 0 spiro atoms. The summed E-state index contributed by atoms with van der Waals surface area (Å²) in [5.74, 6) is -0.448. The van der Waals surface area contributed by atoms with E-state index in [0.717, 1.165) is 38.4 Å². The summed E-state index contributed by atoms with van der Waals surface area (Å²) in [6.45, 7) is 5.20. The van der Waals surface area contributed by atoms with Crippen LogP contribution in [0.3, 0.4) is 0 Å². The van der Waals surface area contributed by atoms with Gasteiger partial charge in [-0.1, -0.05) is 12.1 Å². The number of allylic oxidation sites excluding steroid dienone is 1. The third-order valence-electron chi connectivity index (χ3n) is 4.27. The number of aryl methyl sites for hydroxylation is 1. The second-order valence-corrected chi connectivity index (χ2v) is 5.95. The maximum absolute atomic E-state index is 13.6. The molecule has 1 aliphatic heterocycles. The van der Waals surface area contributed by atoms with Crippen molar-refractivity contribution in [2.45, 2.75) is 38.5 Å². The molecule has 22 heavy (non-hydrogen) atoms. The van der Waals surface area contributed by atoms with E-state index in [4.69, 9.17) is 0 Å². The fraction of sp³-hybridized carbons (Fsp3) is 0.500. The number of amides is 1. The summed E-state index contributed by atoms with van der Waals surface area (Å²) in [6.07, 6.45) is 6.46. The van der Waals surface area contributed by atoms with Gasteiger partial charge < -0.3 is 4.90 Å². The van der Waals surface area contributed by atoms with Crippen molar-refractivity contribution in [1.82, 2.24) is 4.90 Å². The van der Waals surface area contributed by atoms with Crippen molar-refractivity contribution in [1.29, 1.82) is 0 Å². The Morgan fingerprint density at radius 2 is 2.23 bits per heavy atom. The Kier molecular flexibility index (Phi) is 6.10. The summed E-state index contributed by atoms with van der Waals surface area (Å²) >= 11 is 0. The number of hydrogen-bond acceptors (Lipinski definition) is 1. The number of benzene rings is 1. The molecular formula is C18H23F2NO. The first kappa shape index (κ1) is 16.7. The van der Waals surface area contributed by atoms with E-state index in [-0.39, 0.29) is 5.91 Å². The van der Waals surface area contributed by atoms with Gasteiger partial charge in [-0.3, -0.25) is 4.79 Å². The zero-order chi connectivity index (χ0) is 15.9. The molecule has 0 radical (unpaired) electrons. The number of carbonyl (C=O) groups excluding carboxylic acids is 1. The van der Waals surface area contributed by atoms with Crippen LogP contribution in [0.4, 0.5) is 8.78 Å². The molecule has 0 bridgehead atoms. The summed E-state index contributed by atoms with van der Waals surface area (Å²) in [4.78, 5) is 14.0. The largest absolute Gasteiger partial charge is 0.342 e. The van der Waals surface area contributed by atoms with Crippen molar-refractivity contribution >= 4 is 5.91 Å². The van der Waals surface area contributed by atoms with E-state index in [1.54, 1.807) is 6.08 Å². The number of halogens is 2. The van der Waals surface area contributed by atoms with E-state index in [1.807, 2.05) is 4.90 Å². The molecule has 0 saturated carbocycles. The summed E-state index contributed by atoms with van der Waals surface area (Å²) in [7, 11) is 0. The monoisotopic (exact) mass is 307 g/mol. The SMILES string of the molecule is C=CCCC(=O)N1CCC[C@H](CCc2ccc(F)cc2F)C1. The predicted octanol–water partition coefficient (Wildman–Crippen LogP) is 4.10.